The van der Waals surface area contributed by atoms with E-state index in [2.05, 4.69) is 24.0 Å². The van der Waals surface area contributed by atoms with Crippen LogP contribution in [0.2, 0.25) is 0 Å². The molecule has 0 unspecified atom stereocenters. The van der Waals surface area contributed by atoms with Gasteiger partial charge >= 0.3 is 0 Å². The van der Waals surface area contributed by atoms with E-state index < -0.39 is 5.54 Å². The summed E-state index contributed by atoms with van der Waals surface area (Å²) in [5.74, 6) is 2.95. The fourth-order valence-electron chi connectivity index (χ4n) is 3.07. The predicted molar refractivity (Wildman–Crippen MR) is 108 cm³/mol. The lowest BCUT2D eigenvalue weighted by molar-refractivity contribution is 0.257. The van der Waals surface area contributed by atoms with Crippen LogP contribution in [0.3, 0.4) is 0 Å². The molecular weight excluding hydrogens is 366 g/mol. The second-order valence-corrected chi connectivity index (χ2v) is 7.27. The first-order valence-electron chi connectivity index (χ1n) is 9.12. The number of nitrogens with zero attached hydrogens (tertiary/aromatic N) is 2. The summed E-state index contributed by atoms with van der Waals surface area (Å²) in [4.78, 5) is 4.44. The van der Waals surface area contributed by atoms with Gasteiger partial charge in [0.1, 0.15) is 0 Å². The molecule has 1 aliphatic carbocycles. The van der Waals surface area contributed by atoms with Crippen molar-refractivity contribution in [1.82, 2.24) is 10.1 Å². The third kappa shape index (κ3) is 5.23. The lowest BCUT2D eigenvalue weighted by Gasteiger charge is -2.17. The molecule has 1 aromatic carbocycles. The van der Waals surface area contributed by atoms with Crippen LogP contribution in [0, 0.1) is 5.92 Å². The number of hydrogen-bond acceptors (Lipinski definition) is 6. The topological polar surface area (TPSA) is 83.4 Å². The lowest BCUT2D eigenvalue weighted by Crippen LogP contribution is -2.34. The van der Waals surface area contributed by atoms with Crippen molar-refractivity contribution >= 4 is 24.6 Å². The van der Waals surface area contributed by atoms with Crippen molar-refractivity contribution < 1.29 is 14.0 Å². The minimum Gasteiger partial charge on any atom is -0.493 e. The average Bonchev–Trinajstić information content (AvgIpc) is 3.28. The summed E-state index contributed by atoms with van der Waals surface area (Å²) in [5, 5.41) is 4.06. The minimum absolute atomic E-state index is 0. The Morgan fingerprint density at radius 3 is 2.63 bits per heavy atom. The molecule has 0 atom stereocenters. The van der Waals surface area contributed by atoms with Gasteiger partial charge in [-0.1, -0.05) is 37.9 Å². The van der Waals surface area contributed by atoms with E-state index in [1.54, 1.807) is 13.2 Å². The highest BCUT2D eigenvalue weighted by atomic mass is 35.5. The predicted octanol–water partition coefficient (Wildman–Crippen LogP) is 4.43. The summed E-state index contributed by atoms with van der Waals surface area (Å²) in [6.07, 6.45) is 7.74. The molecule has 27 heavy (non-hydrogen) atoms. The van der Waals surface area contributed by atoms with Crippen LogP contribution in [0.15, 0.2) is 22.7 Å². The number of rotatable bonds is 7. The summed E-state index contributed by atoms with van der Waals surface area (Å²) < 4.78 is 16.5. The van der Waals surface area contributed by atoms with Crippen molar-refractivity contribution in [3.63, 3.8) is 0 Å². The van der Waals surface area contributed by atoms with E-state index in [4.69, 9.17) is 19.7 Å². The van der Waals surface area contributed by atoms with Gasteiger partial charge < -0.3 is 19.7 Å². The van der Waals surface area contributed by atoms with Gasteiger partial charge in [0.2, 0.25) is 0 Å². The Balaban J connectivity index is 0.00000261. The molecule has 1 fully saturated rings. The first-order chi connectivity index (χ1) is 12.5. The summed E-state index contributed by atoms with van der Waals surface area (Å²) >= 11 is 0. The van der Waals surface area contributed by atoms with Gasteiger partial charge in [-0.15, -0.1) is 12.4 Å². The molecular formula is C20H28ClN3O3. The van der Waals surface area contributed by atoms with E-state index in [0.29, 0.717) is 30.0 Å². The molecule has 1 heterocycles. The van der Waals surface area contributed by atoms with Gasteiger partial charge in [-0.3, -0.25) is 0 Å². The van der Waals surface area contributed by atoms with E-state index in [9.17, 15) is 0 Å². The molecule has 148 valence electrons. The van der Waals surface area contributed by atoms with E-state index >= 15 is 0 Å². The molecule has 7 heteroatoms. The van der Waals surface area contributed by atoms with E-state index in [-0.39, 0.29) is 12.4 Å². The molecule has 0 saturated heterocycles. The Morgan fingerprint density at radius 2 is 1.96 bits per heavy atom. The fraction of sp³-hybridized carbons (Fsp3) is 0.500. The van der Waals surface area contributed by atoms with Gasteiger partial charge in [-0.2, -0.15) is 4.98 Å². The van der Waals surface area contributed by atoms with Crippen LogP contribution in [0.4, 0.5) is 0 Å². The molecule has 2 aromatic rings. The van der Waals surface area contributed by atoms with Crippen LogP contribution in [0.1, 0.15) is 56.8 Å². The zero-order valence-electron chi connectivity index (χ0n) is 16.1. The summed E-state index contributed by atoms with van der Waals surface area (Å²) in [5.41, 5.74) is 6.89. The SMILES string of the molecule is COc1cc(/C=C/c2nc(C3(N)CCCC3)no2)ccc1OCC(C)C.Cl. The van der Waals surface area contributed by atoms with Crippen molar-refractivity contribution in [2.24, 2.45) is 11.7 Å². The molecule has 1 saturated carbocycles. The van der Waals surface area contributed by atoms with Crippen molar-refractivity contribution in [2.45, 2.75) is 45.1 Å². The summed E-state index contributed by atoms with van der Waals surface area (Å²) in [6, 6.07) is 5.80. The quantitative estimate of drug-likeness (QED) is 0.748. The number of hydrogen-bond donors (Lipinski definition) is 1. The Kier molecular flexibility index (Phi) is 7.27. The van der Waals surface area contributed by atoms with Crippen LogP contribution in [-0.4, -0.2) is 23.9 Å². The Bertz CT molecular complexity index is 768. The molecule has 1 aromatic heterocycles. The van der Waals surface area contributed by atoms with Gasteiger partial charge in [0, 0.05) is 6.08 Å². The normalized spacial score (nSPS) is 15.9. The lowest BCUT2D eigenvalue weighted by atomic mass is 9.99. The highest BCUT2D eigenvalue weighted by Crippen LogP contribution is 2.34. The Morgan fingerprint density at radius 1 is 1.22 bits per heavy atom. The van der Waals surface area contributed by atoms with Crippen LogP contribution >= 0.6 is 12.4 Å². The van der Waals surface area contributed by atoms with Gasteiger partial charge in [0.05, 0.1) is 19.3 Å². The number of benzene rings is 1. The van der Waals surface area contributed by atoms with Crippen molar-refractivity contribution in [1.29, 1.82) is 0 Å². The molecule has 0 aliphatic heterocycles. The fourth-order valence-corrected chi connectivity index (χ4v) is 3.07. The number of halogens is 1. The first-order valence-corrected chi connectivity index (χ1v) is 9.12. The Labute approximate surface area is 166 Å². The number of ether oxygens (including phenoxy) is 2. The second kappa shape index (κ2) is 9.24. The molecule has 0 radical (unpaired) electrons. The minimum atomic E-state index is -0.436. The van der Waals surface area contributed by atoms with E-state index in [1.165, 1.54) is 0 Å². The second-order valence-electron chi connectivity index (χ2n) is 7.27. The highest BCUT2D eigenvalue weighted by Gasteiger charge is 2.35. The third-order valence-corrected chi connectivity index (χ3v) is 4.56. The molecule has 0 spiro atoms. The summed E-state index contributed by atoms with van der Waals surface area (Å²) in [7, 11) is 1.64. The molecule has 3 rings (SSSR count). The highest BCUT2D eigenvalue weighted by molar-refractivity contribution is 5.85. The van der Waals surface area contributed by atoms with Crippen molar-refractivity contribution in [3.05, 3.63) is 35.5 Å². The van der Waals surface area contributed by atoms with Crippen LogP contribution in [0.25, 0.3) is 12.2 Å². The van der Waals surface area contributed by atoms with Gasteiger partial charge in [0.25, 0.3) is 5.89 Å². The van der Waals surface area contributed by atoms with E-state index in [0.717, 1.165) is 37.0 Å². The maximum absolute atomic E-state index is 6.37. The molecule has 1 aliphatic rings. The van der Waals surface area contributed by atoms with Gasteiger partial charge in [0.15, 0.2) is 17.3 Å². The monoisotopic (exact) mass is 393 g/mol. The zero-order valence-corrected chi connectivity index (χ0v) is 16.9. The molecule has 6 nitrogen and oxygen atoms in total. The van der Waals surface area contributed by atoms with Crippen LogP contribution in [-0.2, 0) is 5.54 Å². The zero-order chi connectivity index (χ0) is 18.6. The molecule has 0 amide bonds. The van der Waals surface area contributed by atoms with Crippen molar-refractivity contribution in [3.8, 4) is 11.5 Å². The first kappa shape index (κ1) is 21.3. The van der Waals surface area contributed by atoms with E-state index in [1.807, 2.05) is 24.3 Å². The van der Waals surface area contributed by atoms with Crippen molar-refractivity contribution in [2.75, 3.05) is 13.7 Å². The molecule has 2 N–H and O–H groups in total. The van der Waals surface area contributed by atoms with Crippen LogP contribution in [0.5, 0.6) is 11.5 Å². The standard InChI is InChI=1S/C20H27N3O3.ClH/c1-14(2)13-25-16-8-6-15(12-17(16)24-3)7-9-18-22-19(23-26-18)20(21)10-4-5-11-20;/h6-9,12,14H,4-5,10-11,13,21H2,1-3H3;1H/b9-7+;. The maximum Gasteiger partial charge on any atom is 0.250 e. The smallest absolute Gasteiger partial charge is 0.250 e. The largest absolute Gasteiger partial charge is 0.493 e. The summed E-state index contributed by atoms with van der Waals surface area (Å²) in [6.45, 7) is 4.87. The number of nitrogens with two attached hydrogens (primary N) is 1. The van der Waals surface area contributed by atoms with Gasteiger partial charge in [-0.05, 0) is 42.5 Å². The van der Waals surface area contributed by atoms with Crippen LogP contribution < -0.4 is 15.2 Å². The molecule has 0 bridgehead atoms. The Hall–Kier alpha value is -2.05. The third-order valence-electron chi connectivity index (χ3n) is 4.56. The van der Waals surface area contributed by atoms with Gasteiger partial charge in [-0.25, -0.2) is 0 Å². The average molecular weight is 394 g/mol. The maximum atomic E-state index is 6.37. The number of methoxy groups -OCH3 is 1. The number of aromatic nitrogens is 2.